The van der Waals surface area contributed by atoms with Gasteiger partial charge in [-0.2, -0.15) is 0 Å². The van der Waals surface area contributed by atoms with Gasteiger partial charge in [0.25, 0.3) is 0 Å². The Morgan fingerprint density at radius 3 is 2.00 bits per heavy atom. The summed E-state index contributed by atoms with van der Waals surface area (Å²) in [5.41, 5.74) is 3.84. The van der Waals surface area contributed by atoms with Crippen molar-refractivity contribution in [2.24, 2.45) is 0 Å². The van der Waals surface area contributed by atoms with Crippen LogP contribution in [0.15, 0.2) is 73.9 Å². The predicted molar refractivity (Wildman–Crippen MR) is 113 cm³/mol. The van der Waals surface area contributed by atoms with Crippen LogP contribution in [0, 0.1) is 0 Å². The van der Waals surface area contributed by atoms with E-state index in [1.54, 1.807) is 44.2 Å². The van der Waals surface area contributed by atoms with Crippen molar-refractivity contribution in [1.82, 2.24) is 0 Å². The van der Waals surface area contributed by atoms with Crippen LogP contribution in [0.4, 0.5) is 0 Å². The van der Waals surface area contributed by atoms with E-state index in [-0.39, 0.29) is 0 Å². The van der Waals surface area contributed by atoms with E-state index in [0.29, 0.717) is 28.2 Å². The maximum Gasteiger partial charge on any atom is 0.338 e. The van der Waals surface area contributed by atoms with E-state index >= 15 is 0 Å². The van der Waals surface area contributed by atoms with Crippen molar-refractivity contribution in [3.8, 4) is 22.6 Å². The standard InChI is InChI=1S/C24H22O4/c1-7-17-14-20(27-23(25)15(3)4)10-11-21(17)19-9-12-22(18(8-2)13-19)28-24(26)16(5)6/h7-14H,1-3,5H2,4,6H3. The monoisotopic (exact) mass is 374 g/mol. The fourth-order valence-electron chi connectivity index (χ4n) is 2.39. The lowest BCUT2D eigenvalue weighted by molar-refractivity contribution is -0.130. The summed E-state index contributed by atoms with van der Waals surface area (Å²) in [6.07, 6.45) is 3.29. The Balaban J connectivity index is 2.41. The van der Waals surface area contributed by atoms with Gasteiger partial charge >= 0.3 is 11.9 Å². The first-order valence-corrected chi connectivity index (χ1v) is 8.55. The van der Waals surface area contributed by atoms with Crippen LogP contribution >= 0.6 is 0 Å². The topological polar surface area (TPSA) is 52.6 Å². The van der Waals surface area contributed by atoms with Gasteiger partial charge in [-0.15, -0.1) is 0 Å². The second kappa shape index (κ2) is 8.82. The molecule has 0 N–H and O–H groups in total. The van der Waals surface area contributed by atoms with Crippen molar-refractivity contribution in [3.63, 3.8) is 0 Å². The molecule has 0 heterocycles. The van der Waals surface area contributed by atoms with Gasteiger partial charge in [0, 0.05) is 16.7 Å². The second-order valence-electron chi connectivity index (χ2n) is 6.25. The lowest BCUT2D eigenvalue weighted by Gasteiger charge is -2.13. The van der Waals surface area contributed by atoms with Crippen LogP contribution in [-0.2, 0) is 9.59 Å². The molecule has 0 radical (unpaired) electrons. The second-order valence-corrected chi connectivity index (χ2v) is 6.25. The third-order valence-corrected chi connectivity index (χ3v) is 3.89. The third-order valence-electron chi connectivity index (χ3n) is 3.89. The van der Waals surface area contributed by atoms with Crippen molar-refractivity contribution >= 4 is 24.1 Å². The highest BCUT2D eigenvalue weighted by molar-refractivity contribution is 5.90. The number of rotatable bonds is 7. The fraction of sp³-hybridized carbons (Fsp3) is 0.0833. The molecule has 28 heavy (non-hydrogen) atoms. The van der Waals surface area contributed by atoms with Crippen molar-refractivity contribution in [2.75, 3.05) is 0 Å². The molecule has 0 saturated carbocycles. The summed E-state index contributed by atoms with van der Waals surface area (Å²) in [5, 5.41) is 0. The van der Waals surface area contributed by atoms with Crippen LogP contribution < -0.4 is 9.47 Å². The quantitative estimate of drug-likeness (QED) is 0.359. The van der Waals surface area contributed by atoms with Crippen LogP contribution in [0.1, 0.15) is 25.0 Å². The Morgan fingerprint density at radius 1 is 0.821 bits per heavy atom. The first-order valence-electron chi connectivity index (χ1n) is 8.55. The summed E-state index contributed by atoms with van der Waals surface area (Å²) in [5.74, 6) is -0.173. The van der Waals surface area contributed by atoms with Gasteiger partial charge in [0.05, 0.1) is 0 Å². The number of esters is 2. The van der Waals surface area contributed by atoms with Crippen LogP contribution in [-0.4, -0.2) is 11.9 Å². The zero-order chi connectivity index (χ0) is 20.8. The maximum absolute atomic E-state index is 11.8. The summed E-state index contributed by atoms with van der Waals surface area (Å²) in [4.78, 5) is 23.5. The molecule has 142 valence electrons. The third kappa shape index (κ3) is 4.74. The zero-order valence-electron chi connectivity index (χ0n) is 16.1. The van der Waals surface area contributed by atoms with Gasteiger partial charge in [0.1, 0.15) is 11.5 Å². The number of hydrogen-bond donors (Lipinski definition) is 0. The van der Waals surface area contributed by atoms with Crippen molar-refractivity contribution in [1.29, 1.82) is 0 Å². The predicted octanol–water partition coefficient (Wildman–Crippen LogP) is 5.60. The van der Waals surface area contributed by atoms with Crippen LogP contribution in [0.3, 0.4) is 0 Å². The molecule has 0 amide bonds. The van der Waals surface area contributed by atoms with Gasteiger partial charge in [-0.1, -0.05) is 50.6 Å². The molecule has 0 aromatic heterocycles. The molecule has 4 heteroatoms. The SMILES string of the molecule is C=Cc1cc(-c2ccc(OC(=O)C(=C)C)cc2C=C)ccc1OC(=O)C(=C)C. The molecule has 0 spiro atoms. The van der Waals surface area contributed by atoms with Crippen molar-refractivity contribution in [3.05, 3.63) is 85.0 Å². The molecular formula is C24H22O4. The minimum Gasteiger partial charge on any atom is -0.423 e. The van der Waals surface area contributed by atoms with Gasteiger partial charge in [-0.25, -0.2) is 9.59 Å². The van der Waals surface area contributed by atoms with E-state index in [2.05, 4.69) is 26.3 Å². The number of hydrogen-bond acceptors (Lipinski definition) is 4. The molecule has 4 nitrogen and oxygen atoms in total. The Morgan fingerprint density at radius 2 is 1.43 bits per heavy atom. The van der Waals surface area contributed by atoms with Gasteiger partial charge in [-0.05, 0) is 54.8 Å². The van der Waals surface area contributed by atoms with Crippen molar-refractivity contribution in [2.45, 2.75) is 13.8 Å². The first-order chi connectivity index (χ1) is 13.3. The molecule has 2 aromatic rings. The summed E-state index contributed by atoms with van der Waals surface area (Å²) in [6.45, 7) is 17.9. The Bertz CT molecular complexity index is 996. The molecule has 2 aromatic carbocycles. The molecule has 0 aliphatic rings. The minimum absolute atomic E-state index is 0.313. The molecule has 0 aliphatic heterocycles. The van der Waals surface area contributed by atoms with Gasteiger partial charge < -0.3 is 9.47 Å². The molecule has 0 saturated heterocycles. The van der Waals surface area contributed by atoms with E-state index in [1.165, 1.54) is 0 Å². The van der Waals surface area contributed by atoms with E-state index in [1.807, 2.05) is 18.2 Å². The van der Waals surface area contributed by atoms with E-state index < -0.39 is 11.9 Å². The molecular weight excluding hydrogens is 352 g/mol. The molecule has 0 bridgehead atoms. The molecule has 0 unspecified atom stereocenters. The molecule has 0 fully saturated rings. The first kappa shape index (κ1) is 20.6. The Labute approximate surface area is 165 Å². The van der Waals surface area contributed by atoms with Crippen LogP contribution in [0.2, 0.25) is 0 Å². The van der Waals surface area contributed by atoms with Gasteiger partial charge in [0.2, 0.25) is 0 Å². The zero-order valence-corrected chi connectivity index (χ0v) is 16.1. The largest absolute Gasteiger partial charge is 0.423 e. The van der Waals surface area contributed by atoms with Gasteiger partial charge in [0.15, 0.2) is 0 Å². The Kier molecular flexibility index (Phi) is 6.51. The fourth-order valence-corrected chi connectivity index (χ4v) is 2.39. The average Bonchev–Trinajstić information content (AvgIpc) is 2.67. The van der Waals surface area contributed by atoms with E-state index in [0.717, 1.165) is 16.7 Å². The van der Waals surface area contributed by atoms with Gasteiger partial charge in [-0.3, -0.25) is 0 Å². The maximum atomic E-state index is 11.8. The molecule has 0 atom stereocenters. The number of benzene rings is 2. The van der Waals surface area contributed by atoms with E-state index in [4.69, 9.17) is 9.47 Å². The molecule has 2 rings (SSSR count). The lowest BCUT2D eigenvalue weighted by atomic mass is 9.97. The van der Waals surface area contributed by atoms with Crippen LogP contribution in [0.5, 0.6) is 11.5 Å². The number of ether oxygens (including phenoxy) is 2. The van der Waals surface area contributed by atoms with E-state index in [9.17, 15) is 9.59 Å². The summed E-state index contributed by atoms with van der Waals surface area (Å²) < 4.78 is 10.6. The normalized spacial score (nSPS) is 9.93. The molecule has 0 aliphatic carbocycles. The van der Waals surface area contributed by atoms with Crippen molar-refractivity contribution < 1.29 is 19.1 Å². The number of carbonyl (C=O) groups is 2. The highest BCUT2D eigenvalue weighted by Gasteiger charge is 2.13. The summed E-state index contributed by atoms with van der Waals surface area (Å²) in [7, 11) is 0. The number of carbonyl (C=O) groups excluding carboxylic acids is 2. The highest BCUT2D eigenvalue weighted by atomic mass is 16.5. The Hall–Kier alpha value is -3.66. The minimum atomic E-state index is -0.494. The summed E-state index contributed by atoms with van der Waals surface area (Å²) in [6, 6.07) is 10.7. The lowest BCUT2D eigenvalue weighted by Crippen LogP contribution is -2.09. The average molecular weight is 374 g/mol. The van der Waals surface area contributed by atoms with Crippen LogP contribution in [0.25, 0.3) is 23.3 Å². The smallest absolute Gasteiger partial charge is 0.338 e. The summed E-state index contributed by atoms with van der Waals surface area (Å²) >= 11 is 0. The highest BCUT2D eigenvalue weighted by Crippen LogP contribution is 2.32.